The Morgan fingerprint density at radius 3 is 2.24 bits per heavy atom. The minimum absolute atomic E-state index is 0.120. The van der Waals surface area contributed by atoms with Gasteiger partial charge in [0.05, 0.1) is 19.8 Å². The molecule has 0 fully saturated rings. The number of ketones is 3. The molecule has 0 aromatic heterocycles. The van der Waals surface area contributed by atoms with Crippen molar-refractivity contribution in [3.63, 3.8) is 0 Å². The number of fused-ring (bicyclic) bond motifs is 1. The fraction of sp³-hybridized carbons (Fsp3) is 0.261. The van der Waals surface area contributed by atoms with Crippen LogP contribution in [0.4, 0.5) is 0 Å². The first kappa shape index (κ1) is 20.3. The van der Waals surface area contributed by atoms with E-state index in [0.29, 0.717) is 17.1 Å². The van der Waals surface area contributed by atoms with E-state index in [9.17, 15) is 14.4 Å². The number of benzene rings is 2. The van der Waals surface area contributed by atoms with Gasteiger partial charge in [0.25, 0.3) is 0 Å². The summed E-state index contributed by atoms with van der Waals surface area (Å²) >= 11 is 0. The third-order valence-corrected chi connectivity index (χ3v) is 4.84. The summed E-state index contributed by atoms with van der Waals surface area (Å²) in [5.74, 6) is 0.302. The van der Waals surface area contributed by atoms with Crippen molar-refractivity contribution in [3.05, 3.63) is 64.2 Å². The monoisotopic (exact) mass is 394 g/mol. The zero-order chi connectivity index (χ0) is 21.1. The second kappa shape index (κ2) is 8.31. The van der Waals surface area contributed by atoms with Gasteiger partial charge < -0.3 is 14.2 Å². The molecule has 0 radical (unpaired) electrons. The van der Waals surface area contributed by atoms with Crippen LogP contribution in [-0.2, 0) is 4.79 Å². The molecule has 150 valence electrons. The summed E-state index contributed by atoms with van der Waals surface area (Å²) < 4.78 is 16.5. The van der Waals surface area contributed by atoms with Gasteiger partial charge in [0.2, 0.25) is 0 Å². The minimum atomic E-state index is -0.391. The van der Waals surface area contributed by atoms with Crippen LogP contribution in [0.15, 0.2) is 47.5 Å². The van der Waals surface area contributed by atoms with Crippen molar-refractivity contribution >= 4 is 17.3 Å². The molecule has 0 aliphatic heterocycles. The lowest BCUT2D eigenvalue weighted by Gasteiger charge is -2.24. The van der Waals surface area contributed by atoms with Gasteiger partial charge in [0, 0.05) is 28.7 Å². The number of carbonyl (C=O) groups excluding carboxylic acids is 3. The summed E-state index contributed by atoms with van der Waals surface area (Å²) in [5, 5.41) is 0. The Kier molecular flexibility index (Phi) is 5.82. The van der Waals surface area contributed by atoms with Crippen molar-refractivity contribution in [2.24, 2.45) is 0 Å². The zero-order valence-corrected chi connectivity index (χ0v) is 16.8. The van der Waals surface area contributed by atoms with Crippen LogP contribution in [0.3, 0.4) is 0 Å². The number of para-hydroxylation sites is 1. The molecule has 0 spiro atoms. The molecule has 2 aromatic carbocycles. The van der Waals surface area contributed by atoms with E-state index in [1.54, 1.807) is 19.1 Å². The van der Waals surface area contributed by atoms with Crippen LogP contribution in [-0.4, -0.2) is 38.2 Å². The summed E-state index contributed by atoms with van der Waals surface area (Å²) in [6.45, 7) is 3.02. The minimum Gasteiger partial charge on any atom is -0.496 e. The first-order valence-electron chi connectivity index (χ1n) is 9.13. The van der Waals surface area contributed by atoms with Crippen molar-refractivity contribution in [1.29, 1.82) is 0 Å². The molecule has 0 atom stereocenters. The van der Waals surface area contributed by atoms with Crippen molar-refractivity contribution in [3.8, 4) is 17.2 Å². The molecule has 1 aliphatic rings. The predicted molar refractivity (Wildman–Crippen MR) is 107 cm³/mol. The predicted octanol–water partition coefficient (Wildman–Crippen LogP) is 3.75. The van der Waals surface area contributed by atoms with Crippen LogP contribution in [0.5, 0.6) is 17.2 Å². The smallest absolute Gasteiger partial charge is 0.197 e. The maximum atomic E-state index is 13.4. The lowest BCUT2D eigenvalue weighted by Crippen LogP contribution is -2.27. The van der Waals surface area contributed by atoms with E-state index < -0.39 is 5.78 Å². The summed E-state index contributed by atoms with van der Waals surface area (Å²) in [6.07, 6.45) is -0.143. The maximum Gasteiger partial charge on any atom is 0.197 e. The highest BCUT2D eigenvalue weighted by atomic mass is 16.5. The molecular weight excluding hydrogens is 372 g/mol. The Morgan fingerprint density at radius 2 is 1.66 bits per heavy atom. The molecule has 0 bridgehead atoms. The highest BCUT2D eigenvalue weighted by Gasteiger charge is 2.37. The Bertz CT molecular complexity index is 1020. The Morgan fingerprint density at radius 1 is 0.966 bits per heavy atom. The third-order valence-electron chi connectivity index (χ3n) is 4.84. The molecule has 6 heteroatoms. The van der Waals surface area contributed by atoms with Crippen LogP contribution in [0.1, 0.15) is 39.6 Å². The van der Waals surface area contributed by atoms with Gasteiger partial charge >= 0.3 is 0 Å². The van der Waals surface area contributed by atoms with Crippen LogP contribution < -0.4 is 14.2 Å². The molecule has 0 saturated carbocycles. The molecule has 3 rings (SSSR count). The molecule has 2 aromatic rings. The number of Topliss-reactive ketones (excluding diaryl/α,β-unsaturated/α-hetero) is 3. The maximum absolute atomic E-state index is 13.4. The summed E-state index contributed by atoms with van der Waals surface area (Å²) in [5.41, 5.74) is 1.29. The molecule has 1 aliphatic carbocycles. The number of hydrogen-bond donors (Lipinski definition) is 0. The molecular formula is C23H22O6. The number of methoxy groups -OCH3 is 2. The van der Waals surface area contributed by atoms with Gasteiger partial charge in [-0.1, -0.05) is 18.2 Å². The van der Waals surface area contributed by atoms with E-state index >= 15 is 0 Å². The number of carbonyl (C=O) groups is 3. The number of ether oxygens (including phenoxy) is 3. The van der Waals surface area contributed by atoms with Gasteiger partial charge in [-0.15, -0.1) is 0 Å². The van der Waals surface area contributed by atoms with Gasteiger partial charge in [-0.2, -0.15) is 0 Å². The van der Waals surface area contributed by atoms with E-state index in [1.165, 1.54) is 27.2 Å². The molecule has 0 unspecified atom stereocenters. The van der Waals surface area contributed by atoms with Crippen LogP contribution in [0.25, 0.3) is 0 Å². The summed E-state index contributed by atoms with van der Waals surface area (Å²) in [7, 11) is 2.92. The lowest BCUT2D eigenvalue weighted by atomic mass is 9.81. The lowest BCUT2D eigenvalue weighted by molar-refractivity contribution is -0.116. The Balaban J connectivity index is 2.13. The number of allylic oxidation sites excluding steroid dienone is 1. The van der Waals surface area contributed by atoms with Gasteiger partial charge in [0.15, 0.2) is 11.6 Å². The van der Waals surface area contributed by atoms with Gasteiger partial charge in [0.1, 0.15) is 29.6 Å². The van der Waals surface area contributed by atoms with E-state index in [-0.39, 0.29) is 52.6 Å². The van der Waals surface area contributed by atoms with Crippen LogP contribution in [0, 0.1) is 6.92 Å². The Labute approximate surface area is 169 Å². The first-order valence-corrected chi connectivity index (χ1v) is 9.13. The number of hydrogen-bond acceptors (Lipinski definition) is 6. The summed E-state index contributed by atoms with van der Waals surface area (Å²) in [4.78, 5) is 38.4. The van der Waals surface area contributed by atoms with Crippen LogP contribution in [0.2, 0.25) is 0 Å². The highest BCUT2D eigenvalue weighted by Crippen LogP contribution is 2.40. The molecule has 0 N–H and O–H groups in total. The van der Waals surface area contributed by atoms with E-state index in [1.807, 2.05) is 18.2 Å². The first-order chi connectivity index (χ1) is 13.9. The van der Waals surface area contributed by atoms with Crippen molar-refractivity contribution in [2.75, 3.05) is 20.8 Å². The fourth-order valence-corrected chi connectivity index (χ4v) is 3.45. The van der Waals surface area contributed by atoms with Gasteiger partial charge in [-0.25, -0.2) is 0 Å². The number of rotatable bonds is 7. The van der Waals surface area contributed by atoms with E-state index in [2.05, 4.69) is 0 Å². The third kappa shape index (κ3) is 3.78. The molecule has 6 nitrogen and oxygen atoms in total. The van der Waals surface area contributed by atoms with Crippen molar-refractivity contribution in [2.45, 2.75) is 20.3 Å². The van der Waals surface area contributed by atoms with E-state index in [0.717, 1.165) is 0 Å². The average Bonchev–Trinajstić information content (AvgIpc) is 2.71. The molecule has 0 heterocycles. The van der Waals surface area contributed by atoms with Crippen molar-refractivity contribution in [1.82, 2.24) is 0 Å². The highest BCUT2D eigenvalue weighted by molar-refractivity contribution is 6.29. The van der Waals surface area contributed by atoms with Crippen LogP contribution >= 0.6 is 0 Å². The fourth-order valence-electron chi connectivity index (χ4n) is 3.45. The molecule has 0 saturated heterocycles. The van der Waals surface area contributed by atoms with Crippen molar-refractivity contribution < 1.29 is 28.6 Å². The van der Waals surface area contributed by atoms with Gasteiger partial charge in [-0.05, 0) is 32.0 Å². The Hall–Kier alpha value is -3.41. The quantitative estimate of drug-likeness (QED) is 0.712. The van der Waals surface area contributed by atoms with Gasteiger partial charge in [-0.3, -0.25) is 14.4 Å². The summed E-state index contributed by atoms with van der Waals surface area (Å²) in [6, 6.07) is 10.5. The molecule has 0 amide bonds. The standard InChI is InChI=1S/C23H22O6/c1-13(24)10-16-18(12-29-15-8-6-5-7-9-15)22(26)20-17(21(16)25)11-19(27-3)14(2)23(20)28-4/h5-9,11H,10,12H2,1-4H3. The normalized spacial score (nSPS) is 13.2. The topological polar surface area (TPSA) is 78.9 Å². The molecule has 29 heavy (non-hydrogen) atoms. The average molecular weight is 394 g/mol. The second-order valence-corrected chi connectivity index (χ2v) is 6.76. The second-order valence-electron chi connectivity index (χ2n) is 6.76. The SMILES string of the molecule is COc1cc2c(c(OC)c1C)C(=O)C(COc1ccccc1)=C(CC(C)=O)C2=O. The largest absolute Gasteiger partial charge is 0.496 e. The van der Waals surface area contributed by atoms with E-state index in [4.69, 9.17) is 14.2 Å². The zero-order valence-electron chi connectivity index (χ0n) is 16.8.